The summed E-state index contributed by atoms with van der Waals surface area (Å²) in [5.74, 6) is 0.739. The van der Waals surface area contributed by atoms with Crippen molar-refractivity contribution >= 4 is 17.2 Å². The molecule has 15 heavy (non-hydrogen) atoms. The largest absolute Gasteiger partial charge is 0.373 e. The van der Waals surface area contributed by atoms with Crippen LogP contribution in [0.4, 0.5) is 0 Å². The summed E-state index contributed by atoms with van der Waals surface area (Å²) in [5, 5.41) is 8.38. The van der Waals surface area contributed by atoms with Crippen LogP contribution in [-0.4, -0.2) is 26.2 Å². The van der Waals surface area contributed by atoms with Gasteiger partial charge in [0.1, 0.15) is 18.1 Å². The zero-order chi connectivity index (χ0) is 10.7. The van der Waals surface area contributed by atoms with Crippen LogP contribution in [0.15, 0.2) is 12.4 Å². The molecular formula is C9H11ClN4O. The molecule has 80 valence electrons. The van der Waals surface area contributed by atoms with Gasteiger partial charge in [0.05, 0.1) is 0 Å². The van der Waals surface area contributed by atoms with E-state index in [0.717, 1.165) is 18.9 Å². The fourth-order valence-electron chi connectivity index (χ4n) is 1.22. The monoisotopic (exact) mass is 226 g/mol. The first-order chi connectivity index (χ1) is 7.31. The van der Waals surface area contributed by atoms with Crippen LogP contribution in [0.2, 0.25) is 5.15 Å². The molecule has 0 fully saturated rings. The smallest absolute Gasteiger partial charge is 0.165 e. The molecule has 0 bridgehead atoms. The second-order valence-corrected chi connectivity index (χ2v) is 3.50. The van der Waals surface area contributed by atoms with E-state index in [1.807, 2.05) is 0 Å². The molecule has 0 unspecified atom stereocenters. The molecule has 0 aliphatic carbocycles. The van der Waals surface area contributed by atoms with Crippen molar-refractivity contribution in [2.24, 2.45) is 0 Å². The van der Waals surface area contributed by atoms with Crippen molar-refractivity contribution in [3.63, 3.8) is 0 Å². The van der Waals surface area contributed by atoms with Crippen molar-refractivity contribution < 1.29 is 4.74 Å². The van der Waals surface area contributed by atoms with Gasteiger partial charge >= 0.3 is 0 Å². The molecule has 5 nitrogen and oxygen atoms in total. The lowest BCUT2D eigenvalue weighted by molar-refractivity contribution is 0.115. The van der Waals surface area contributed by atoms with E-state index in [4.69, 9.17) is 16.3 Å². The lowest BCUT2D eigenvalue weighted by Gasteiger charge is -2.00. The van der Waals surface area contributed by atoms with Gasteiger partial charge in [0, 0.05) is 12.7 Å². The van der Waals surface area contributed by atoms with E-state index < -0.39 is 0 Å². The normalized spacial score (nSPS) is 11.1. The minimum absolute atomic E-state index is 0.413. The maximum absolute atomic E-state index is 5.73. The van der Waals surface area contributed by atoms with E-state index in [1.54, 1.807) is 16.8 Å². The third-order valence-corrected chi connectivity index (χ3v) is 2.12. The van der Waals surface area contributed by atoms with Crippen LogP contribution < -0.4 is 0 Å². The highest BCUT2D eigenvalue weighted by Crippen LogP contribution is 2.09. The van der Waals surface area contributed by atoms with Crippen LogP contribution in [0.3, 0.4) is 0 Å². The predicted octanol–water partition coefficient (Wildman–Crippen LogP) is 1.70. The first-order valence-corrected chi connectivity index (χ1v) is 5.12. The Morgan fingerprint density at radius 1 is 1.47 bits per heavy atom. The lowest BCUT2D eigenvalue weighted by Crippen LogP contribution is -2.00. The van der Waals surface area contributed by atoms with Crippen molar-refractivity contribution in [1.29, 1.82) is 0 Å². The molecule has 0 N–H and O–H groups in total. The molecule has 0 spiro atoms. The summed E-state index contributed by atoms with van der Waals surface area (Å²) in [6.45, 7) is 3.22. The van der Waals surface area contributed by atoms with Gasteiger partial charge in [-0.15, -0.1) is 10.2 Å². The predicted molar refractivity (Wildman–Crippen MR) is 55.7 cm³/mol. The Morgan fingerprint density at radius 3 is 3.13 bits per heavy atom. The molecule has 2 aromatic heterocycles. The molecule has 0 saturated heterocycles. The van der Waals surface area contributed by atoms with Crippen molar-refractivity contribution in [2.45, 2.75) is 20.0 Å². The van der Waals surface area contributed by atoms with Crippen molar-refractivity contribution in [2.75, 3.05) is 6.61 Å². The number of hydrogen-bond donors (Lipinski definition) is 0. The van der Waals surface area contributed by atoms with E-state index in [-0.39, 0.29) is 0 Å². The summed E-state index contributed by atoms with van der Waals surface area (Å²) in [7, 11) is 0. The van der Waals surface area contributed by atoms with Gasteiger partial charge in [-0.1, -0.05) is 18.5 Å². The summed E-state index contributed by atoms with van der Waals surface area (Å²) < 4.78 is 7.15. The number of fused-ring (bicyclic) bond motifs is 1. The number of aromatic nitrogens is 4. The van der Waals surface area contributed by atoms with Crippen molar-refractivity contribution in [3.8, 4) is 0 Å². The highest BCUT2D eigenvalue weighted by Gasteiger charge is 2.05. The molecular weight excluding hydrogens is 216 g/mol. The Bertz CT molecular complexity index is 456. The zero-order valence-electron chi connectivity index (χ0n) is 8.35. The Hall–Kier alpha value is -1.20. The van der Waals surface area contributed by atoms with Crippen LogP contribution in [0.5, 0.6) is 0 Å². The van der Waals surface area contributed by atoms with Crippen molar-refractivity contribution in [3.05, 3.63) is 23.4 Å². The van der Waals surface area contributed by atoms with E-state index in [0.29, 0.717) is 17.4 Å². The number of rotatable bonds is 4. The van der Waals surface area contributed by atoms with Crippen LogP contribution in [-0.2, 0) is 11.3 Å². The minimum atomic E-state index is 0.413. The lowest BCUT2D eigenvalue weighted by atomic mass is 10.5. The number of ether oxygens (including phenoxy) is 1. The Labute approximate surface area is 92.1 Å². The zero-order valence-corrected chi connectivity index (χ0v) is 9.11. The molecule has 0 radical (unpaired) electrons. The summed E-state index contributed by atoms with van der Waals surface area (Å²) in [5.41, 5.74) is 0.685. The highest BCUT2D eigenvalue weighted by atomic mass is 35.5. The van der Waals surface area contributed by atoms with E-state index in [1.165, 1.54) is 0 Å². The molecule has 0 aromatic carbocycles. The SMILES string of the molecule is CCCOCc1nnc2cc(Cl)ncn12. The molecule has 0 atom stereocenters. The Kier molecular flexibility index (Phi) is 3.13. The van der Waals surface area contributed by atoms with Gasteiger partial charge in [-0.05, 0) is 6.42 Å². The van der Waals surface area contributed by atoms with Gasteiger partial charge in [-0.2, -0.15) is 0 Å². The maximum Gasteiger partial charge on any atom is 0.165 e. The fraction of sp³-hybridized carbons (Fsp3) is 0.444. The molecule has 0 saturated carbocycles. The maximum atomic E-state index is 5.73. The quantitative estimate of drug-likeness (QED) is 0.588. The number of halogens is 1. The van der Waals surface area contributed by atoms with Gasteiger partial charge in [-0.25, -0.2) is 4.98 Å². The molecule has 2 aromatic rings. The summed E-state index contributed by atoms with van der Waals surface area (Å²) in [6.07, 6.45) is 2.59. The Morgan fingerprint density at radius 2 is 2.33 bits per heavy atom. The average Bonchev–Trinajstić information content (AvgIpc) is 2.61. The highest BCUT2D eigenvalue weighted by molar-refractivity contribution is 6.29. The molecule has 2 rings (SSSR count). The van der Waals surface area contributed by atoms with Gasteiger partial charge < -0.3 is 4.74 Å². The van der Waals surface area contributed by atoms with Gasteiger partial charge in [0.15, 0.2) is 11.5 Å². The van der Waals surface area contributed by atoms with Crippen LogP contribution in [0, 0.1) is 0 Å². The summed E-state index contributed by atoms with van der Waals surface area (Å²) >= 11 is 5.73. The third kappa shape index (κ3) is 2.24. The summed E-state index contributed by atoms with van der Waals surface area (Å²) in [4.78, 5) is 3.96. The molecule has 0 aliphatic heterocycles. The minimum Gasteiger partial charge on any atom is -0.373 e. The second kappa shape index (κ2) is 4.55. The van der Waals surface area contributed by atoms with Gasteiger partial charge in [0.25, 0.3) is 0 Å². The number of hydrogen-bond acceptors (Lipinski definition) is 4. The van der Waals surface area contributed by atoms with E-state index >= 15 is 0 Å². The first-order valence-electron chi connectivity index (χ1n) is 4.74. The Balaban J connectivity index is 2.21. The molecule has 0 aliphatic rings. The van der Waals surface area contributed by atoms with E-state index in [2.05, 4.69) is 22.1 Å². The number of nitrogens with zero attached hydrogens (tertiary/aromatic N) is 4. The standard InChI is InChI=1S/C9H11ClN4O/c1-2-3-15-5-9-13-12-8-4-7(10)11-6-14(8)9/h4,6H,2-3,5H2,1H3. The van der Waals surface area contributed by atoms with Gasteiger partial charge in [0.2, 0.25) is 0 Å². The topological polar surface area (TPSA) is 52.3 Å². The van der Waals surface area contributed by atoms with Crippen LogP contribution in [0.1, 0.15) is 19.2 Å². The molecule has 2 heterocycles. The average molecular weight is 227 g/mol. The molecule has 6 heteroatoms. The second-order valence-electron chi connectivity index (χ2n) is 3.11. The fourth-order valence-corrected chi connectivity index (χ4v) is 1.37. The third-order valence-electron chi connectivity index (χ3n) is 1.92. The van der Waals surface area contributed by atoms with Crippen LogP contribution in [0.25, 0.3) is 5.65 Å². The first kappa shape index (κ1) is 10.3. The van der Waals surface area contributed by atoms with E-state index in [9.17, 15) is 0 Å². The van der Waals surface area contributed by atoms with Crippen LogP contribution >= 0.6 is 11.6 Å². The van der Waals surface area contributed by atoms with Gasteiger partial charge in [-0.3, -0.25) is 4.40 Å². The van der Waals surface area contributed by atoms with Crippen molar-refractivity contribution in [1.82, 2.24) is 19.6 Å². The molecule has 0 amide bonds. The summed E-state index contributed by atoms with van der Waals surface area (Å²) in [6, 6.07) is 1.66.